The third-order valence-electron chi connectivity index (χ3n) is 3.94. The fourth-order valence-electron chi connectivity index (χ4n) is 2.76. The molecule has 1 aromatic heterocycles. The second kappa shape index (κ2) is 3.84. The van der Waals surface area contributed by atoms with E-state index in [9.17, 15) is 5.11 Å². The molecule has 1 atom stereocenters. The van der Waals surface area contributed by atoms with E-state index >= 15 is 0 Å². The first-order valence-electron chi connectivity index (χ1n) is 6.12. The molecule has 16 heavy (non-hydrogen) atoms. The Hall–Kier alpha value is -0.900. The minimum absolute atomic E-state index is 0.0831. The minimum atomic E-state index is -0.758. The lowest BCUT2D eigenvalue weighted by Crippen LogP contribution is -2.39. The van der Waals surface area contributed by atoms with Crippen molar-refractivity contribution in [1.29, 1.82) is 0 Å². The zero-order valence-corrected chi connectivity index (χ0v) is 10.4. The minimum Gasteiger partial charge on any atom is -0.383 e. The lowest BCUT2D eigenvalue weighted by molar-refractivity contribution is -0.0557. The van der Waals surface area contributed by atoms with Crippen molar-refractivity contribution in [3.63, 3.8) is 0 Å². The molecule has 0 aromatic carbocycles. The average molecular weight is 223 g/mol. The highest BCUT2D eigenvalue weighted by Gasteiger charge is 2.50. The summed E-state index contributed by atoms with van der Waals surface area (Å²) in [5.74, 6) is 0. The van der Waals surface area contributed by atoms with Gasteiger partial charge in [-0.15, -0.1) is 5.10 Å². The van der Waals surface area contributed by atoms with E-state index in [-0.39, 0.29) is 5.41 Å². The summed E-state index contributed by atoms with van der Waals surface area (Å²) in [6, 6.07) is 0. The molecular formula is C12H21N3O. The molecule has 4 nitrogen and oxygen atoms in total. The van der Waals surface area contributed by atoms with Gasteiger partial charge in [0.2, 0.25) is 0 Å². The van der Waals surface area contributed by atoms with Crippen molar-refractivity contribution in [2.45, 2.75) is 58.6 Å². The van der Waals surface area contributed by atoms with Crippen molar-refractivity contribution in [2.75, 3.05) is 0 Å². The molecule has 0 saturated heterocycles. The van der Waals surface area contributed by atoms with E-state index in [1.165, 1.54) is 0 Å². The van der Waals surface area contributed by atoms with Crippen LogP contribution in [0.2, 0.25) is 0 Å². The number of rotatable bonds is 3. The van der Waals surface area contributed by atoms with E-state index in [0.29, 0.717) is 0 Å². The molecule has 1 saturated carbocycles. The number of nitrogens with zero attached hydrogens (tertiary/aromatic N) is 3. The van der Waals surface area contributed by atoms with Crippen LogP contribution < -0.4 is 0 Å². The Morgan fingerprint density at radius 1 is 1.44 bits per heavy atom. The SMILES string of the molecule is CCCn1nncc1C1(O)CCCC1(C)C. The highest BCUT2D eigenvalue weighted by Crippen LogP contribution is 2.51. The van der Waals surface area contributed by atoms with Gasteiger partial charge in [0.05, 0.1) is 11.9 Å². The molecule has 1 aliphatic rings. The van der Waals surface area contributed by atoms with Crippen LogP contribution in [0.25, 0.3) is 0 Å². The topological polar surface area (TPSA) is 50.9 Å². The van der Waals surface area contributed by atoms with Crippen LogP contribution in [-0.4, -0.2) is 20.1 Å². The first-order valence-corrected chi connectivity index (χ1v) is 6.12. The summed E-state index contributed by atoms with van der Waals surface area (Å²) in [4.78, 5) is 0. The smallest absolute Gasteiger partial charge is 0.113 e. The van der Waals surface area contributed by atoms with Gasteiger partial charge in [-0.1, -0.05) is 26.0 Å². The highest BCUT2D eigenvalue weighted by atomic mass is 16.3. The van der Waals surface area contributed by atoms with Crippen molar-refractivity contribution in [1.82, 2.24) is 15.0 Å². The van der Waals surface area contributed by atoms with Crippen LogP contribution in [0.4, 0.5) is 0 Å². The fraction of sp³-hybridized carbons (Fsp3) is 0.833. The maximum Gasteiger partial charge on any atom is 0.113 e. The lowest BCUT2D eigenvalue weighted by atomic mass is 9.76. The van der Waals surface area contributed by atoms with Crippen LogP contribution in [0.1, 0.15) is 52.1 Å². The predicted octanol–water partition coefficient (Wildman–Crippen LogP) is 2.09. The summed E-state index contributed by atoms with van der Waals surface area (Å²) in [6.07, 6.45) is 5.67. The van der Waals surface area contributed by atoms with E-state index < -0.39 is 5.60 Å². The number of aryl methyl sites for hydroxylation is 1. The molecule has 0 radical (unpaired) electrons. The molecule has 1 aliphatic carbocycles. The van der Waals surface area contributed by atoms with E-state index in [0.717, 1.165) is 37.9 Å². The van der Waals surface area contributed by atoms with Gasteiger partial charge < -0.3 is 5.11 Å². The molecule has 1 aromatic rings. The molecule has 4 heteroatoms. The van der Waals surface area contributed by atoms with Gasteiger partial charge in [0.1, 0.15) is 5.60 Å². The normalized spacial score (nSPS) is 28.5. The Balaban J connectivity index is 2.39. The van der Waals surface area contributed by atoms with Crippen molar-refractivity contribution in [3.05, 3.63) is 11.9 Å². The molecule has 1 unspecified atom stereocenters. The summed E-state index contributed by atoms with van der Waals surface area (Å²) in [7, 11) is 0. The first kappa shape index (κ1) is 11.6. The Morgan fingerprint density at radius 3 is 2.75 bits per heavy atom. The molecule has 1 fully saturated rings. The monoisotopic (exact) mass is 223 g/mol. The molecule has 2 rings (SSSR count). The fourth-order valence-corrected chi connectivity index (χ4v) is 2.76. The maximum absolute atomic E-state index is 10.9. The summed E-state index contributed by atoms with van der Waals surface area (Å²) < 4.78 is 1.85. The third kappa shape index (κ3) is 1.56. The van der Waals surface area contributed by atoms with Gasteiger partial charge in [-0.3, -0.25) is 0 Å². The molecule has 90 valence electrons. The van der Waals surface area contributed by atoms with Gasteiger partial charge in [-0.25, -0.2) is 4.68 Å². The number of aliphatic hydroxyl groups is 1. The molecule has 0 aliphatic heterocycles. The zero-order chi connectivity index (χ0) is 11.8. The lowest BCUT2D eigenvalue weighted by Gasteiger charge is -2.36. The van der Waals surface area contributed by atoms with Gasteiger partial charge in [0.15, 0.2) is 0 Å². The van der Waals surface area contributed by atoms with Crippen molar-refractivity contribution < 1.29 is 5.11 Å². The van der Waals surface area contributed by atoms with E-state index in [4.69, 9.17) is 0 Å². The van der Waals surface area contributed by atoms with Gasteiger partial charge in [0.25, 0.3) is 0 Å². The first-order chi connectivity index (χ1) is 7.51. The van der Waals surface area contributed by atoms with Crippen molar-refractivity contribution in [2.24, 2.45) is 5.41 Å². The Kier molecular flexibility index (Phi) is 2.78. The molecule has 1 N–H and O–H groups in total. The average Bonchev–Trinajstić information content (AvgIpc) is 2.74. The van der Waals surface area contributed by atoms with E-state index in [1.54, 1.807) is 6.20 Å². The van der Waals surface area contributed by atoms with Crippen LogP contribution in [0.15, 0.2) is 6.20 Å². The maximum atomic E-state index is 10.9. The van der Waals surface area contributed by atoms with Crippen molar-refractivity contribution >= 4 is 0 Å². The standard InChI is InChI=1S/C12H21N3O/c1-4-8-15-10(9-13-14-15)12(16)7-5-6-11(12,2)3/h9,16H,4-8H2,1-3H3. The third-order valence-corrected chi connectivity index (χ3v) is 3.94. The van der Waals surface area contributed by atoms with E-state index in [2.05, 4.69) is 31.1 Å². The van der Waals surface area contributed by atoms with Gasteiger partial charge in [-0.2, -0.15) is 0 Å². The van der Waals surface area contributed by atoms with Gasteiger partial charge >= 0.3 is 0 Å². The number of hydrogen-bond acceptors (Lipinski definition) is 3. The largest absolute Gasteiger partial charge is 0.383 e. The Morgan fingerprint density at radius 2 is 2.19 bits per heavy atom. The van der Waals surface area contributed by atoms with Crippen LogP contribution in [-0.2, 0) is 12.1 Å². The van der Waals surface area contributed by atoms with Crippen LogP contribution in [0.5, 0.6) is 0 Å². The number of aromatic nitrogens is 3. The number of hydrogen-bond donors (Lipinski definition) is 1. The molecule has 0 spiro atoms. The summed E-state index contributed by atoms with van der Waals surface area (Å²) in [6.45, 7) is 7.19. The van der Waals surface area contributed by atoms with Crippen LogP contribution in [0.3, 0.4) is 0 Å². The van der Waals surface area contributed by atoms with Crippen molar-refractivity contribution in [3.8, 4) is 0 Å². The molecule has 0 bridgehead atoms. The second-order valence-electron chi connectivity index (χ2n) is 5.44. The molecule has 1 heterocycles. The Bertz CT molecular complexity index is 372. The predicted molar refractivity (Wildman–Crippen MR) is 61.8 cm³/mol. The zero-order valence-electron chi connectivity index (χ0n) is 10.4. The van der Waals surface area contributed by atoms with Gasteiger partial charge in [-0.05, 0) is 31.1 Å². The van der Waals surface area contributed by atoms with Crippen LogP contribution in [0, 0.1) is 5.41 Å². The quantitative estimate of drug-likeness (QED) is 0.853. The summed E-state index contributed by atoms with van der Waals surface area (Å²) >= 11 is 0. The Labute approximate surface area is 96.7 Å². The van der Waals surface area contributed by atoms with Crippen LogP contribution >= 0.6 is 0 Å². The summed E-state index contributed by atoms with van der Waals surface area (Å²) in [5, 5.41) is 18.9. The summed E-state index contributed by atoms with van der Waals surface area (Å²) in [5.41, 5.74) is 0.0446. The highest BCUT2D eigenvalue weighted by molar-refractivity contribution is 5.16. The molecular weight excluding hydrogens is 202 g/mol. The second-order valence-corrected chi connectivity index (χ2v) is 5.44. The van der Waals surface area contributed by atoms with Gasteiger partial charge in [0, 0.05) is 6.54 Å². The van der Waals surface area contributed by atoms with E-state index in [1.807, 2.05) is 4.68 Å². The molecule has 0 amide bonds.